The van der Waals surface area contributed by atoms with E-state index >= 15 is 0 Å². The zero-order valence-electron chi connectivity index (χ0n) is 21.9. The van der Waals surface area contributed by atoms with Gasteiger partial charge in [-0.1, -0.05) is 12.2 Å². The van der Waals surface area contributed by atoms with E-state index in [9.17, 15) is 19.3 Å². The standard InChI is InChI=1S/C28H27FN2O8/c1-35-24-9-8-19(15-22(24)31(33)34)23(32)10-11-30-21-16-25(36-2)20(29)14-18(21)7-6-17-12-26(37-3)28(39-5)27(13-17)38-4/h6-16,30H,1-5H3. The summed E-state index contributed by atoms with van der Waals surface area (Å²) in [7, 11) is 7.15. The van der Waals surface area contributed by atoms with E-state index in [1.165, 1.54) is 72.1 Å². The number of benzene rings is 3. The number of ether oxygens (including phenoxy) is 5. The van der Waals surface area contributed by atoms with Crippen molar-refractivity contribution in [3.05, 3.63) is 87.4 Å². The van der Waals surface area contributed by atoms with Gasteiger partial charge in [0.1, 0.15) is 0 Å². The lowest BCUT2D eigenvalue weighted by Gasteiger charge is -2.13. The van der Waals surface area contributed by atoms with Crippen molar-refractivity contribution >= 4 is 29.3 Å². The van der Waals surface area contributed by atoms with Gasteiger partial charge in [-0.2, -0.15) is 0 Å². The summed E-state index contributed by atoms with van der Waals surface area (Å²) in [5.41, 5.74) is 1.34. The first-order valence-corrected chi connectivity index (χ1v) is 11.4. The van der Waals surface area contributed by atoms with E-state index in [1.807, 2.05) is 0 Å². The van der Waals surface area contributed by atoms with E-state index in [-0.39, 0.29) is 22.7 Å². The van der Waals surface area contributed by atoms with Gasteiger partial charge >= 0.3 is 5.69 Å². The van der Waals surface area contributed by atoms with Crippen molar-refractivity contribution in [3.63, 3.8) is 0 Å². The summed E-state index contributed by atoms with van der Waals surface area (Å²) in [5.74, 6) is 0.308. The van der Waals surface area contributed by atoms with Crippen molar-refractivity contribution in [2.45, 2.75) is 0 Å². The highest BCUT2D eigenvalue weighted by atomic mass is 19.1. The molecule has 0 unspecified atom stereocenters. The van der Waals surface area contributed by atoms with E-state index < -0.39 is 16.5 Å². The molecule has 3 aromatic rings. The third kappa shape index (κ3) is 6.63. The molecule has 0 aliphatic heterocycles. The number of hydrogen-bond donors (Lipinski definition) is 1. The Morgan fingerprint density at radius 2 is 1.49 bits per heavy atom. The molecule has 0 saturated heterocycles. The number of nitrogens with zero attached hydrogens (tertiary/aromatic N) is 1. The van der Waals surface area contributed by atoms with E-state index in [2.05, 4.69) is 5.32 Å². The molecule has 0 radical (unpaired) electrons. The molecular weight excluding hydrogens is 511 g/mol. The second kappa shape index (κ2) is 13.0. The maximum absolute atomic E-state index is 14.5. The van der Waals surface area contributed by atoms with Crippen LogP contribution in [0, 0.1) is 15.9 Å². The molecule has 0 saturated carbocycles. The normalized spacial score (nSPS) is 10.9. The zero-order valence-corrected chi connectivity index (χ0v) is 21.9. The maximum Gasteiger partial charge on any atom is 0.311 e. The molecular formula is C28H27FN2O8. The number of carbonyl (C=O) groups is 1. The third-order valence-corrected chi connectivity index (χ3v) is 5.60. The summed E-state index contributed by atoms with van der Waals surface area (Å²) in [6.45, 7) is 0. The molecule has 0 heterocycles. The van der Waals surface area contributed by atoms with Crippen LogP contribution < -0.4 is 29.0 Å². The molecule has 11 heteroatoms. The lowest BCUT2D eigenvalue weighted by atomic mass is 10.1. The summed E-state index contributed by atoms with van der Waals surface area (Å²) in [6.07, 6.45) is 5.94. The molecule has 0 amide bonds. The first kappa shape index (κ1) is 28.5. The number of ketones is 1. The summed E-state index contributed by atoms with van der Waals surface area (Å²) in [5, 5.41) is 14.2. The van der Waals surface area contributed by atoms with Gasteiger partial charge in [0.05, 0.1) is 40.5 Å². The third-order valence-electron chi connectivity index (χ3n) is 5.60. The number of allylic oxidation sites excluding steroid dienone is 1. The van der Waals surface area contributed by atoms with E-state index in [0.717, 1.165) is 6.07 Å². The minimum absolute atomic E-state index is 0.00654. The second-order valence-electron chi connectivity index (χ2n) is 7.85. The number of anilines is 1. The van der Waals surface area contributed by atoms with Crippen LogP contribution in [0.3, 0.4) is 0 Å². The molecule has 1 N–H and O–H groups in total. The van der Waals surface area contributed by atoms with Gasteiger partial charge in [0.15, 0.2) is 34.6 Å². The molecule has 3 aromatic carbocycles. The Morgan fingerprint density at radius 3 is 2.05 bits per heavy atom. The number of rotatable bonds is 12. The highest BCUT2D eigenvalue weighted by molar-refractivity contribution is 6.05. The molecule has 3 rings (SSSR count). The van der Waals surface area contributed by atoms with Gasteiger partial charge in [-0.25, -0.2) is 4.39 Å². The van der Waals surface area contributed by atoms with E-state index in [1.54, 1.807) is 24.3 Å². The average molecular weight is 539 g/mol. The quantitative estimate of drug-likeness (QED) is 0.101. The van der Waals surface area contributed by atoms with Crippen molar-refractivity contribution in [1.29, 1.82) is 0 Å². The topological polar surface area (TPSA) is 118 Å². The highest BCUT2D eigenvalue weighted by Gasteiger charge is 2.17. The van der Waals surface area contributed by atoms with Gasteiger partial charge in [0.25, 0.3) is 0 Å². The Balaban J connectivity index is 1.90. The predicted molar refractivity (Wildman–Crippen MR) is 145 cm³/mol. The van der Waals surface area contributed by atoms with Crippen LogP contribution in [0.5, 0.6) is 28.7 Å². The van der Waals surface area contributed by atoms with Crippen LogP contribution in [-0.2, 0) is 0 Å². The van der Waals surface area contributed by atoms with Crippen LogP contribution in [0.1, 0.15) is 21.5 Å². The Kier molecular flexibility index (Phi) is 9.47. The molecule has 0 atom stereocenters. The summed E-state index contributed by atoms with van der Waals surface area (Å²) in [4.78, 5) is 23.3. The summed E-state index contributed by atoms with van der Waals surface area (Å²) < 4.78 is 40.7. The largest absolute Gasteiger partial charge is 0.494 e. The van der Waals surface area contributed by atoms with Crippen LogP contribution in [0.2, 0.25) is 0 Å². The average Bonchev–Trinajstić information content (AvgIpc) is 2.95. The Hall–Kier alpha value is -5.06. The SMILES string of the molecule is COc1cc(NC=CC(=O)c2ccc(OC)c([N+](=O)[O-])c2)c(C=Cc2cc(OC)c(OC)c(OC)c2)cc1F. The first-order valence-electron chi connectivity index (χ1n) is 11.4. The number of carbonyl (C=O) groups excluding carboxylic acids is 1. The van der Waals surface area contributed by atoms with Gasteiger partial charge in [-0.15, -0.1) is 0 Å². The summed E-state index contributed by atoms with van der Waals surface area (Å²) in [6, 6.07) is 10.1. The smallest absolute Gasteiger partial charge is 0.311 e. The molecule has 0 aliphatic rings. The fourth-order valence-corrected chi connectivity index (χ4v) is 3.66. The van der Waals surface area contributed by atoms with Crippen molar-refractivity contribution in [2.24, 2.45) is 0 Å². The Labute approximate surface area is 224 Å². The highest BCUT2D eigenvalue weighted by Crippen LogP contribution is 2.39. The lowest BCUT2D eigenvalue weighted by Crippen LogP contribution is -2.01. The molecule has 0 aromatic heterocycles. The monoisotopic (exact) mass is 538 g/mol. The minimum Gasteiger partial charge on any atom is -0.494 e. The predicted octanol–water partition coefficient (Wildman–Crippen LogP) is 5.76. The zero-order chi connectivity index (χ0) is 28.5. The van der Waals surface area contributed by atoms with Crippen molar-refractivity contribution in [3.8, 4) is 28.7 Å². The first-order chi connectivity index (χ1) is 18.8. The number of nitro groups is 1. The lowest BCUT2D eigenvalue weighted by molar-refractivity contribution is -0.385. The molecule has 0 fully saturated rings. The van der Waals surface area contributed by atoms with Crippen LogP contribution in [0.25, 0.3) is 12.2 Å². The van der Waals surface area contributed by atoms with Crippen molar-refractivity contribution in [2.75, 3.05) is 40.9 Å². The molecule has 0 spiro atoms. The fourth-order valence-electron chi connectivity index (χ4n) is 3.66. The minimum atomic E-state index is -0.630. The maximum atomic E-state index is 14.5. The number of methoxy groups -OCH3 is 5. The van der Waals surface area contributed by atoms with E-state index in [4.69, 9.17) is 23.7 Å². The van der Waals surface area contributed by atoms with Crippen molar-refractivity contribution < 1.29 is 37.8 Å². The molecule has 204 valence electrons. The van der Waals surface area contributed by atoms with Gasteiger partial charge < -0.3 is 29.0 Å². The summed E-state index contributed by atoms with van der Waals surface area (Å²) >= 11 is 0. The molecule has 39 heavy (non-hydrogen) atoms. The number of nitrogens with one attached hydrogen (secondary N) is 1. The van der Waals surface area contributed by atoms with Gasteiger partial charge in [-0.3, -0.25) is 14.9 Å². The van der Waals surface area contributed by atoms with Crippen LogP contribution >= 0.6 is 0 Å². The number of nitro benzene ring substituents is 1. The van der Waals surface area contributed by atoms with Gasteiger partial charge in [0.2, 0.25) is 5.75 Å². The van der Waals surface area contributed by atoms with Crippen molar-refractivity contribution in [1.82, 2.24) is 0 Å². The van der Waals surface area contributed by atoms with E-state index in [0.29, 0.717) is 34.1 Å². The number of hydrogen-bond acceptors (Lipinski definition) is 9. The second-order valence-corrected chi connectivity index (χ2v) is 7.85. The van der Waals surface area contributed by atoms with Crippen LogP contribution in [0.15, 0.2) is 54.7 Å². The van der Waals surface area contributed by atoms with Gasteiger partial charge in [0, 0.05) is 41.2 Å². The Bertz CT molecular complexity index is 1410. The van der Waals surface area contributed by atoms with Gasteiger partial charge in [-0.05, 0) is 35.9 Å². The fraction of sp³-hybridized carbons (Fsp3) is 0.179. The Morgan fingerprint density at radius 1 is 0.846 bits per heavy atom. The molecule has 10 nitrogen and oxygen atoms in total. The molecule has 0 aliphatic carbocycles. The molecule has 0 bridgehead atoms. The van der Waals surface area contributed by atoms with Crippen LogP contribution in [-0.4, -0.2) is 46.3 Å². The van der Waals surface area contributed by atoms with Crippen LogP contribution in [0.4, 0.5) is 15.8 Å². The number of halogens is 1.